The van der Waals surface area contributed by atoms with Crippen molar-refractivity contribution in [3.05, 3.63) is 35.9 Å². The molecular formula is C15H18O3. The number of carbonyl (C=O) groups is 2. The van der Waals surface area contributed by atoms with E-state index in [4.69, 9.17) is 5.11 Å². The second-order valence-corrected chi connectivity index (χ2v) is 5.00. The van der Waals surface area contributed by atoms with E-state index in [9.17, 15) is 9.59 Å². The van der Waals surface area contributed by atoms with Crippen LogP contribution in [0.5, 0.6) is 0 Å². The first-order chi connectivity index (χ1) is 8.66. The largest absolute Gasteiger partial charge is 0.481 e. The molecule has 0 radical (unpaired) electrons. The molecule has 3 heteroatoms. The Labute approximate surface area is 107 Å². The maximum absolute atomic E-state index is 11.7. The van der Waals surface area contributed by atoms with Crippen molar-refractivity contribution in [2.24, 2.45) is 5.92 Å². The van der Waals surface area contributed by atoms with E-state index in [1.807, 2.05) is 18.2 Å². The molecule has 1 aromatic carbocycles. The standard InChI is InChI=1S/C15H18O3/c16-14(10-15(17)18)13-8-6-12(7-9-13)11-4-2-1-3-5-11/h1-5,12-13H,6-10H2,(H,17,18). The number of carboxylic acids is 1. The Hall–Kier alpha value is -1.64. The fourth-order valence-electron chi connectivity index (χ4n) is 2.77. The highest BCUT2D eigenvalue weighted by atomic mass is 16.4. The average Bonchev–Trinajstić information content (AvgIpc) is 2.39. The molecule has 0 aromatic heterocycles. The van der Waals surface area contributed by atoms with Gasteiger partial charge in [-0.15, -0.1) is 0 Å². The number of rotatable bonds is 4. The van der Waals surface area contributed by atoms with Gasteiger partial charge in [0.05, 0.1) is 0 Å². The lowest BCUT2D eigenvalue weighted by atomic mass is 9.77. The molecule has 1 N–H and O–H groups in total. The van der Waals surface area contributed by atoms with Crippen molar-refractivity contribution >= 4 is 11.8 Å². The van der Waals surface area contributed by atoms with Gasteiger partial charge in [0, 0.05) is 5.92 Å². The smallest absolute Gasteiger partial charge is 0.310 e. The van der Waals surface area contributed by atoms with Crippen LogP contribution in [0.3, 0.4) is 0 Å². The Morgan fingerprint density at radius 1 is 1.06 bits per heavy atom. The minimum Gasteiger partial charge on any atom is -0.481 e. The summed E-state index contributed by atoms with van der Waals surface area (Å²) in [6.07, 6.45) is 3.30. The third kappa shape index (κ3) is 3.19. The SMILES string of the molecule is O=C(O)CC(=O)C1CCC(c2ccccc2)CC1. The van der Waals surface area contributed by atoms with Gasteiger partial charge in [-0.3, -0.25) is 9.59 Å². The van der Waals surface area contributed by atoms with Crippen molar-refractivity contribution in [1.82, 2.24) is 0 Å². The molecule has 96 valence electrons. The number of ketones is 1. The lowest BCUT2D eigenvalue weighted by Crippen LogP contribution is -2.23. The number of carbonyl (C=O) groups excluding carboxylic acids is 1. The predicted molar refractivity (Wildman–Crippen MR) is 68.4 cm³/mol. The van der Waals surface area contributed by atoms with Gasteiger partial charge in [0.2, 0.25) is 0 Å². The van der Waals surface area contributed by atoms with Gasteiger partial charge in [0.15, 0.2) is 0 Å². The highest BCUT2D eigenvalue weighted by Crippen LogP contribution is 2.36. The molecule has 0 heterocycles. The van der Waals surface area contributed by atoms with Crippen molar-refractivity contribution in [3.8, 4) is 0 Å². The first-order valence-corrected chi connectivity index (χ1v) is 6.46. The number of aliphatic carboxylic acids is 1. The fraction of sp³-hybridized carbons (Fsp3) is 0.467. The molecule has 0 saturated heterocycles. The molecule has 18 heavy (non-hydrogen) atoms. The van der Waals surface area contributed by atoms with E-state index >= 15 is 0 Å². The maximum Gasteiger partial charge on any atom is 0.310 e. The lowest BCUT2D eigenvalue weighted by molar-refractivity contribution is -0.141. The van der Waals surface area contributed by atoms with Crippen LogP contribution in [0.15, 0.2) is 30.3 Å². The number of Topliss-reactive ketones (excluding diaryl/α,β-unsaturated/α-hetero) is 1. The third-order valence-corrected chi connectivity index (χ3v) is 3.78. The fourth-order valence-corrected chi connectivity index (χ4v) is 2.77. The first-order valence-electron chi connectivity index (χ1n) is 6.46. The maximum atomic E-state index is 11.7. The summed E-state index contributed by atoms with van der Waals surface area (Å²) in [5.74, 6) is -0.625. The van der Waals surface area contributed by atoms with Crippen LogP contribution in [-0.2, 0) is 9.59 Å². The zero-order chi connectivity index (χ0) is 13.0. The van der Waals surface area contributed by atoms with E-state index in [0.29, 0.717) is 5.92 Å². The number of hydrogen-bond acceptors (Lipinski definition) is 2. The van der Waals surface area contributed by atoms with Crippen molar-refractivity contribution < 1.29 is 14.7 Å². The van der Waals surface area contributed by atoms with Gasteiger partial charge >= 0.3 is 5.97 Å². The van der Waals surface area contributed by atoms with Gasteiger partial charge in [0.1, 0.15) is 12.2 Å². The summed E-state index contributed by atoms with van der Waals surface area (Å²) in [6, 6.07) is 10.3. The molecular weight excluding hydrogens is 228 g/mol. The van der Waals surface area contributed by atoms with E-state index in [0.717, 1.165) is 25.7 Å². The second kappa shape index (κ2) is 5.80. The Balaban J connectivity index is 1.88. The van der Waals surface area contributed by atoms with Crippen LogP contribution >= 0.6 is 0 Å². The number of hydrogen-bond donors (Lipinski definition) is 1. The molecule has 0 spiro atoms. The molecule has 1 aliphatic rings. The van der Waals surface area contributed by atoms with E-state index in [2.05, 4.69) is 12.1 Å². The molecule has 1 saturated carbocycles. The van der Waals surface area contributed by atoms with Crippen LogP contribution in [0.4, 0.5) is 0 Å². The Morgan fingerprint density at radius 2 is 1.67 bits per heavy atom. The van der Waals surface area contributed by atoms with Crippen molar-refractivity contribution in [1.29, 1.82) is 0 Å². The van der Waals surface area contributed by atoms with E-state index in [-0.39, 0.29) is 18.1 Å². The summed E-state index contributed by atoms with van der Waals surface area (Å²) in [7, 11) is 0. The monoisotopic (exact) mass is 246 g/mol. The van der Waals surface area contributed by atoms with Crippen LogP contribution < -0.4 is 0 Å². The van der Waals surface area contributed by atoms with E-state index in [1.54, 1.807) is 0 Å². The molecule has 0 atom stereocenters. The molecule has 0 unspecified atom stereocenters. The Kier molecular flexibility index (Phi) is 4.13. The van der Waals surface area contributed by atoms with Gasteiger partial charge in [-0.05, 0) is 37.2 Å². The molecule has 0 bridgehead atoms. The number of benzene rings is 1. The quantitative estimate of drug-likeness (QED) is 0.831. The van der Waals surface area contributed by atoms with Gasteiger partial charge in [-0.25, -0.2) is 0 Å². The summed E-state index contributed by atoms with van der Waals surface area (Å²) < 4.78 is 0. The van der Waals surface area contributed by atoms with Crippen LogP contribution in [0, 0.1) is 5.92 Å². The Morgan fingerprint density at radius 3 is 2.22 bits per heavy atom. The van der Waals surface area contributed by atoms with Crippen molar-refractivity contribution in [3.63, 3.8) is 0 Å². The topological polar surface area (TPSA) is 54.4 Å². The summed E-state index contributed by atoms with van der Waals surface area (Å²) in [4.78, 5) is 22.2. The van der Waals surface area contributed by atoms with Gasteiger partial charge < -0.3 is 5.11 Å². The predicted octanol–water partition coefficient (Wildman–Crippen LogP) is 3.00. The summed E-state index contributed by atoms with van der Waals surface area (Å²) in [5.41, 5.74) is 1.33. The third-order valence-electron chi connectivity index (χ3n) is 3.78. The summed E-state index contributed by atoms with van der Waals surface area (Å²) in [5, 5.41) is 8.62. The molecule has 2 rings (SSSR count). The molecule has 0 aliphatic heterocycles. The molecule has 0 amide bonds. The number of carboxylic acid groups (broad SMARTS) is 1. The minimum atomic E-state index is -1.01. The molecule has 1 fully saturated rings. The van der Waals surface area contributed by atoms with E-state index in [1.165, 1.54) is 5.56 Å². The average molecular weight is 246 g/mol. The molecule has 3 nitrogen and oxygen atoms in total. The van der Waals surface area contributed by atoms with Crippen LogP contribution in [-0.4, -0.2) is 16.9 Å². The van der Waals surface area contributed by atoms with Gasteiger partial charge in [0.25, 0.3) is 0 Å². The zero-order valence-corrected chi connectivity index (χ0v) is 10.3. The Bertz CT molecular complexity index is 417. The van der Waals surface area contributed by atoms with Gasteiger partial charge in [-0.2, -0.15) is 0 Å². The first kappa shape index (κ1) is 12.8. The molecule has 1 aromatic rings. The second-order valence-electron chi connectivity index (χ2n) is 5.00. The highest BCUT2D eigenvalue weighted by molar-refractivity contribution is 5.96. The van der Waals surface area contributed by atoms with Crippen LogP contribution in [0.25, 0.3) is 0 Å². The molecule has 1 aliphatic carbocycles. The highest BCUT2D eigenvalue weighted by Gasteiger charge is 2.27. The van der Waals surface area contributed by atoms with Crippen molar-refractivity contribution in [2.75, 3.05) is 0 Å². The minimum absolute atomic E-state index is 0.0407. The summed E-state index contributed by atoms with van der Waals surface area (Å²) >= 11 is 0. The summed E-state index contributed by atoms with van der Waals surface area (Å²) in [6.45, 7) is 0. The van der Waals surface area contributed by atoms with E-state index < -0.39 is 5.97 Å². The zero-order valence-electron chi connectivity index (χ0n) is 10.3. The van der Waals surface area contributed by atoms with Crippen molar-refractivity contribution in [2.45, 2.75) is 38.0 Å². The normalized spacial score (nSPS) is 23.6. The van der Waals surface area contributed by atoms with Crippen LogP contribution in [0.2, 0.25) is 0 Å². The van der Waals surface area contributed by atoms with Gasteiger partial charge in [-0.1, -0.05) is 30.3 Å². The van der Waals surface area contributed by atoms with Crippen LogP contribution in [0.1, 0.15) is 43.6 Å². The lowest BCUT2D eigenvalue weighted by Gasteiger charge is -2.27.